The molecule has 1 saturated heterocycles. The molecule has 25 heavy (non-hydrogen) atoms. The number of carboxylic acid groups (broad SMARTS) is 1. The van der Waals surface area contributed by atoms with Gasteiger partial charge in [0.25, 0.3) is 0 Å². The molecule has 140 valence electrons. The molecule has 0 aromatic carbocycles. The molecule has 3 aliphatic carbocycles. The molecule has 2 N–H and O–H groups in total. The monoisotopic (exact) mass is 347 g/mol. The molecule has 1 amide bonds. The minimum atomic E-state index is -0.647. The van der Waals surface area contributed by atoms with Crippen molar-refractivity contribution in [2.45, 2.75) is 84.1 Å². The summed E-state index contributed by atoms with van der Waals surface area (Å²) in [6.45, 7) is 4.90. The number of carbonyl (C=O) groups excluding carboxylic acids is 1. The number of carboxylic acids is 1. The van der Waals surface area contributed by atoms with Gasteiger partial charge in [-0.25, -0.2) is 0 Å². The van der Waals surface area contributed by atoms with Gasteiger partial charge in [-0.3, -0.25) is 9.59 Å². The van der Waals surface area contributed by atoms with Gasteiger partial charge < -0.3 is 10.4 Å². The molecule has 4 fully saturated rings. The van der Waals surface area contributed by atoms with E-state index in [0.29, 0.717) is 30.2 Å². The average molecular weight is 347 g/mol. The smallest absolute Gasteiger partial charge is 0.303 e. The number of rotatable bonds is 3. The van der Waals surface area contributed by atoms with Gasteiger partial charge in [0.2, 0.25) is 5.91 Å². The summed E-state index contributed by atoms with van der Waals surface area (Å²) in [5, 5.41) is 12.4. The van der Waals surface area contributed by atoms with Gasteiger partial charge >= 0.3 is 5.97 Å². The minimum Gasteiger partial charge on any atom is -0.481 e. The topological polar surface area (TPSA) is 66.4 Å². The highest BCUT2D eigenvalue weighted by Crippen LogP contribution is 2.66. The second-order valence-electron chi connectivity index (χ2n) is 9.83. The maximum Gasteiger partial charge on any atom is 0.303 e. The minimum absolute atomic E-state index is 0.246. The molecule has 4 heteroatoms. The first-order valence-corrected chi connectivity index (χ1v) is 10.4. The Hall–Kier alpha value is -1.06. The number of aliphatic carboxylic acids is 1. The Morgan fingerprint density at radius 2 is 1.84 bits per heavy atom. The number of amides is 1. The molecule has 4 rings (SSSR count). The quantitative estimate of drug-likeness (QED) is 0.811. The third-order valence-corrected chi connectivity index (χ3v) is 9.00. The maximum atomic E-state index is 11.9. The zero-order valence-electron chi connectivity index (χ0n) is 15.7. The van der Waals surface area contributed by atoms with E-state index < -0.39 is 5.97 Å². The van der Waals surface area contributed by atoms with Crippen molar-refractivity contribution in [3.05, 3.63) is 0 Å². The number of fused-ring (bicyclic) bond motifs is 5. The highest BCUT2D eigenvalue weighted by molar-refractivity contribution is 5.77. The van der Waals surface area contributed by atoms with E-state index in [-0.39, 0.29) is 11.3 Å². The SMILES string of the molecule is CC12CCC3C(CCC4NC(=O)CCC43C)C1CCC2CCC(=O)O. The number of piperidine rings is 1. The Labute approximate surface area is 151 Å². The second kappa shape index (κ2) is 5.99. The molecule has 0 radical (unpaired) electrons. The van der Waals surface area contributed by atoms with Crippen molar-refractivity contribution in [1.29, 1.82) is 0 Å². The van der Waals surface area contributed by atoms with Crippen LogP contribution in [0.4, 0.5) is 0 Å². The van der Waals surface area contributed by atoms with Crippen molar-refractivity contribution in [2.75, 3.05) is 0 Å². The Kier molecular flexibility index (Phi) is 4.16. The van der Waals surface area contributed by atoms with Gasteiger partial charge in [0, 0.05) is 18.9 Å². The fraction of sp³-hybridized carbons (Fsp3) is 0.905. The number of hydrogen-bond acceptors (Lipinski definition) is 2. The first kappa shape index (κ1) is 17.4. The van der Waals surface area contributed by atoms with Crippen molar-refractivity contribution in [3.63, 3.8) is 0 Å². The van der Waals surface area contributed by atoms with Crippen LogP contribution in [0.5, 0.6) is 0 Å². The molecule has 7 unspecified atom stereocenters. The molecule has 0 aromatic heterocycles. The van der Waals surface area contributed by atoms with Gasteiger partial charge in [0.1, 0.15) is 0 Å². The third-order valence-electron chi connectivity index (χ3n) is 9.00. The molecule has 0 bridgehead atoms. The molecule has 4 nitrogen and oxygen atoms in total. The lowest BCUT2D eigenvalue weighted by atomic mass is 9.47. The van der Waals surface area contributed by atoms with E-state index in [4.69, 9.17) is 5.11 Å². The first-order valence-electron chi connectivity index (χ1n) is 10.4. The molecule has 4 aliphatic rings. The fourth-order valence-corrected chi connectivity index (χ4v) is 7.58. The Morgan fingerprint density at radius 3 is 2.60 bits per heavy atom. The summed E-state index contributed by atoms with van der Waals surface area (Å²) in [6.07, 6.45) is 10.3. The molecule has 7 atom stereocenters. The lowest BCUT2D eigenvalue weighted by Gasteiger charge is -2.60. The van der Waals surface area contributed by atoms with E-state index >= 15 is 0 Å². The van der Waals surface area contributed by atoms with Crippen LogP contribution in [0.1, 0.15) is 78.1 Å². The van der Waals surface area contributed by atoms with Crippen LogP contribution in [0.3, 0.4) is 0 Å². The van der Waals surface area contributed by atoms with E-state index in [1.165, 1.54) is 32.1 Å². The molecule has 0 spiro atoms. The summed E-state index contributed by atoms with van der Waals surface area (Å²) in [7, 11) is 0. The van der Waals surface area contributed by atoms with Crippen molar-refractivity contribution in [1.82, 2.24) is 5.32 Å². The molecular formula is C21H33NO3. The number of carbonyl (C=O) groups is 2. The van der Waals surface area contributed by atoms with E-state index in [2.05, 4.69) is 19.2 Å². The van der Waals surface area contributed by atoms with Gasteiger partial charge in [0.05, 0.1) is 0 Å². The van der Waals surface area contributed by atoms with Crippen LogP contribution in [0, 0.1) is 34.5 Å². The van der Waals surface area contributed by atoms with Crippen LogP contribution in [-0.4, -0.2) is 23.0 Å². The van der Waals surface area contributed by atoms with Gasteiger partial charge in [0.15, 0.2) is 0 Å². The third kappa shape index (κ3) is 2.62. The summed E-state index contributed by atoms with van der Waals surface area (Å²) >= 11 is 0. The average Bonchev–Trinajstić information content (AvgIpc) is 2.90. The van der Waals surface area contributed by atoms with Gasteiger partial charge in [-0.05, 0) is 85.9 Å². The van der Waals surface area contributed by atoms with Crippen LogP contribution in [0.25, 0.3) is 0 Å². The van der Waals surface area contributed by atoms with E-state index in [1.54, 1.807) is 0 Å². The Morgan fingerprint density at radius 1 is 1.08 bits per heavy atom. The summed E-state index contributed by atoms with van der Waals surface area (Å²) in [5.74, 6) is 2.47. The lowest BCUT2D eigenvalue weighted by Crippen LogP contribution is -2.61. The lowest BCUT2D eigenvalue weighted by molar-refractivity contribution is -0.139. The van der Waals surface area contributed by atoms with E-state index in [0.717, 1.165) is 37.0 Å². The van der Waals surface area contributed by atoms with Gasteiger partial charge in [-0.2, -0.15) is 0 Å². The molecule has 3 saturated carbocycles. The van der Waals surface area contributed by atoms with Crippen LogP contribution in [0.2, 0.25) is 0 Å². The number of nitrogens with one attached hydrogen (secondary N) is 1. The molecule has 1 heterocycles. The summed E-state index contributed by atoms with van der Waals surface area (Å²) < 4.78 is 0. The van der Waals surface area contributed by atoms with Crippen molar-refractivity contribution in [2.24, 2.45) is 34.5 Å². The van der Waals surface area contributed by atoms with Crippen molar-refractivity contribution < 1.29 is 14.7 Å². The van der Waals surface area contributed by atoms with Crippen LogP contribution in [0.15, 0.2) is 0 Å². The highest BCUT2D eigenvalue weighted by atomic mass is 16.4. The predicted molar refractivity (Wildman–Crippen MR) is 95.9 cm³/mol. The summed E-state index contributed by atoms with van der Waals surface area (Å²) in [4.78, 5) is 22.9. The summed E-state index contributed by atoms with van der Waals surface area (Å²) in [6, 6.07) is 0.378. The maximum absolute atomic E-state index is 11.9. The Bertz CT molecular complexity index is 575. The second-order valence-corrected chi connectivity index (χ2v) is 9.83. The Balaban J connectivity index is 1.54. The van der Waals surface area contributed by atoms with Crippen molar-refractivity contribution in [3.8, 4) is 0 Å². The van der Waals surface area contributed by atoms with Crippen LogP contribution >= 0.6 is 0 Å². The standard InChI is InChI=1S/C21H33NO3/c1-20-11-9-16-14(15(20)6-3-13(20)4-8-19(24)25)5-7-17-21(16,2)12-10-18(23)22-17/h13-17H,3-12H2,1-2H3,(H,22,23)(H,24,25). The highest BCUT2D eigenvalue weighted by Gasteiger charge is 2.60. The normalized spacial score (nSPS) is 48.9. The molecule has 0 aromatic rings. The first-order chi connectivity index (χ1) is 11.8. The predicted octanol–water partition coefficient (Wildman–Crippen LogP) is 3.99. The number of hydrogen-bond donors (Lipinski definition) is 2. The van der Waals surface area contributed by atoms with Gasteiger partial charge in [-0.1, -0.05) is 13.8 Å². The fourth-order valence-electron chi connectivity index (χ4n) is 7.58. The summed E-state index contributed by atoms with van der Waals surface area (Å²) in [5.41, 5.74) is 0.620. The van der Waals surface area contributed by atoms with Crippen molar-refractivity contribution >= 4 is 11.9 Å². The van der Waals surface area contributed by atoms with E-state index in [9.17, 15) is 9.59 Å². The zero-order chi connectivity index (χ0) is 17.8. The molecule has 1 aliphatic heterocycles. The molecular weight excluding hydrogens is 314 g/mol. The largest absolute Gasteiger partial charge is 0.481 e. The van der Waals surface area contributed by atoms with Gasteiger partial charge in [-0.15, -0.1) is 0 Å². The van der Waals surface area contributed by atoms with Crippen LogP contribution < -0.4 is 5.32 Å². The zero-order valence-corrected chi connectivity index (χ0v) is 15.7. The van der Waals surface area contributed by atoms with E-state index in [1.807, 2.05) is 0 Å². The van der Waals surface area contributed by atoms with Crippen LogP contribution in [-0.2, 0) is 9.59 Å².